The second-order valence-electron chi connectivity index (χ2n) is 6.54. The van der Waals surface area contributed by atoms with Gasteiger partial charge in [-0.15, -0.1) is 0 Å². The molecule has 0 spiro atoms. The fourth-order valence-corrected chi connectivity index (χ4v) is 3.03. The van der Waals surface area contributed by atoms with Gasteiger partial charge in [0.25, 0.3) is 0 Å². The van der Waals surface area contributed by atoms with Crippen molar-refractivity contribution in [3.8, 4) is 0 Å². The number of carbonyl (C=O) groups is 1. The predicted molar refractivity (Wildman–Crippen MR) is 72.4 cm³/mol. The molecule has 1 saturated carbocycles. The van der Waals surface area contributed by atoms with Gasteiger partial charge in [0.1, 0.15) is 5.60 Å². The van der Waals surface area contributed by atoms with Crippen LogP contribution >= 0.6 is 0 Å². The third-order valence-corrected chi connectivity index (χ3v) is 3.76. The molecule has 2 aliphatic rings. The van der Waals surface area contributed by atoms with Crippen LogP contribution in [0.25, 0.3) is 0 Å². The molecule has 3 nitrogen and oxygen atoms in total. The maximum Gasteiger partial charge on any atom is 0.407 e. The number of allylic oxidation sites excluding steroid dienone is 2. The first-order valence-corrected chi connectivity index (χ1v) is 7.11. The Morgan fingerprint density at radius 3 is 2.78 bits per heavy atom. The van der Waals surface area contributed by atoms with Gasteiger partial charge in [0, 0.05) is 6.54 Å². The molecule has 2 rings (SSSR count). The van der Waals surface area contributed by atoms with E-state index in [0.717, 1.165) is 24.7 Å². The first-order chi connectivity index (χ1) is 8.44. The lowest BCUT2D eigenvalue weighted by molar-refractivity contribution is 0.0527. The third kappa shape index (κ3) is 3.76. The molecule has 2 unspecified atom stereocenters. The zero-order chi connectivity index (χ0) is 13.2. The summed E-state index contributed by atoms with van der Waals surface area (Å²) < 4.78 is 5.19. The second kappa shape index (κ2) is 5.33. The molecule has 0 saturated heterocycles. The summed E-state index contributed by atoms with van der Waals surface area (Å²) in [5, 5.41) is 2.82. The quantitative estimate of drug-likeness (QED) is 0.612. The minimum absolute atomic E-state index is 0.301. The normalized spacial score (nSPS) is 26.1. The molecule has 102 valence electrons. The van der Waals surface area contributed by atoms with Crippen molar-refractivity contribution >= 4 is 6.09 Å². The molecule has 0 radical (unpaired) electrons. The standard InChI is InChI=1S/C15H25NO2/c1-15(2,3)18-14(17)16-8-4-5-12-9-11-6-7-13(12)10-11/h9,11,13H,4-8,10H2,1-3H3,(H,16,17). The van der Waals surface area contributed by atoms with Crippen molar-refractivity contribution < 1.29 is 9.53 Å². The van der Waals surface area contributed by atoms with Crippen LogP contribution in [0.2, 0.25) is 0 Å². The number of hydrogen-bond acceptors (Lipinski definition) is 2. The highest BCUT2D eigenvalue weighted by Gasteiger charge is 2.31. The van der Waals surface area contributed by atoms with Gasteiger partial charge >= 0.3 is 6.09 Å². The Labute approximate surface area is 110 Å². The SMILES string of the molecule is CC(C)(C)OC(=O)NCCCC1=CC2CCC1C2. The maximum absolute atomic E-state index is 11.4. The number of ether oxygens (including phenoxy) is 1. The Morgan fingerprint density at radius 1 is 1.44 bits per heavy atom. The lowest BCUT2D eigenvalue weighted by Gasteiger charge is -2.20. The average Bonchev–Trinajstić information content (AvgIpc) is 2.83. The van der Waals surface area contributed by atoms with E-state index in [-0.39, 0.29) is 6.09 Å². The summed E-state index contributed by atoms with van der Waals surface area (Å²) in [7, 11) is 0. The predicted octanol–water partition coefficient (Wildman–Crippen LogP) is 3.65. The number of hydrogen-bond donors (Lipinski definition) is 1. The van der Waals surface area contributed by atoms with Crippen molar-refractivity contribution in [3.05, 3.63) is 11.6 Å². The summed E-state index contributed by atoms with van der Waals surface area (Å²) in [5.74, 6) is 1.72. The second-order valence-corrected chi connectivity index (χ2v) is 6.54. The molecule has 3 heteroatoms. The van der Waals surface area contributed by atoms with Crippen molar-refractivity contribution in [2.75, 3.05) is 6.54 Å². The molecule has 2 bridgehead atoms. The van der Waals surface area contributed by atoms with Gasteiger partial charge in [-0.3, -0.25) is 0 Å². The minimum atomic E-state index is -0.406. The Kier molecular flexibility index (Phi) is 3.98. The van der Waals surface area contributed by atoms with E-state index in [0.29, 0.717) is 6.54 Å². The van der Waals surface area contributed by atoms with Crippen LogP contribution in [0, 0.1) is 11.8 Å². The van der Waals surface area contributed by atoms with Crippen LogP contribution in [0.15, 0.2) is 11.6 Å². The smallest absolute Gasteiger partial charge is 0.407 e. The molecule has 2 aliphatic carbocycles. The minimum Gasteiger partial charge on any atom is -0.444 e. The zero-order valence-corrected chi connectivity index (χ0v) is 11.8. The highest BCUT2D eigenvalue weighted by Crippen LogP contribution is 2.45. The number of rotatable bonds is 4. The van der Waals surface area contributed by atoms with E-state index < -0.39 is 5.60 Å². The van der Waals surface area contributed by atoms with E-state index in [9.17, 15) is 4.79 Å². The third-order valence-electron chi connectivity index (χ3n) is 3.76. The first-order valence-electron chi connectivity index (χ1n) is 7.11. The van der Waals surface area contributed by atoms with E-state index in [1.807, 2.05) is 20.8 Å². The summed E-state index contributed by atoms with van der Waals surface area (Å²) in [6.45, 7) is 6.36. The highest BCUT2D eigenvalue weighted by atomic mass is 16.6. The highest BCUT2D eigenvalue weighted by molar-refractivity contribution is 5.67. The average molecular weight is 251 g/mol. The molecule has 2 atom stereocenters. The van der Waals surface area contributed by atoms with Crippen molar-refractivity contribution in [1.29, 1.82) is 0 Å². The van der Waals surface area contributed by atoms with Crippen LogP contribution in [0.3, 0.4) is 0 Å². The molecular weight excluding hydrogens is 226 g/mol. The number of nitrogens with one attached hydrogen (secondary N) is 1. The summed E-state index contributed by atoms with van der Waals surface area (Å²) in [6, 6.07) is 0. The van der Waals surface area contributed by atoms with Crippen molar-refractivity contribution in [3.63, 3.8) is 0 Å². The maximum atomic E-state index is 11.4. The van der Waals surface area contributed by atoms with Crippen LogP contribution in [0.1, 0.15) is 52.9 Å². The van der Waals surface area contributed by atoms with Gasteiger partial charge in [-0.05, 0) is 64.7 Å². The molecule has 18 heavy (non-hydrogen) atoms. The van der Waals surface area contributed by atoms with E-state index in [4.69, 9.17) is 4.74 Å². The van der Waals surface area contributed by atoms with Gasteiger partial charge in [-0.25, -0.2) is 4.79 Å². The molecule has 0 aromatic heterocycles. The van der Waals surface area contributed by atoms with Gasteiger partial charge in [-0.1, -0.05) is 11.6 Å². The van der Waals surface area contributed by atoms with Gasteiger partial charge in [0.15, 0.2) is 0 Å². The lowest BCUT2D eigenvalue weighted by Crippen LogP contribution is -2.33. The number of carbonyl (C=O) groups excluding carboxylic acids is 1. The van der Waals surface area contributed by atoms with E-state index >= 15 is 0 Å². The van der Waals surface area contributed by atoms with Gasteiger partial charge in [-0.2, -0.15) is 0 Å². The molecule has 0 aromatic carbocycles. The Morgan fingerprint density at radius 2 is 2.22 bits per heavy atom. The van der Waals surface area contributed by atoms with Crippen molar-refractivity contribution in [1.82, 2.24) is 5.32 Å². The van der Waals surface area contributed by atoms with E-state index in [1.54, 1.807) is 5.57 Å². The van der Waals surface area contributed by atoms with Crippen LogP contribution < -0.4 is 5.32 Å². The summed E-state index contributed by atoms with van der Waals surface area (Å²) in [5.41, 5.74) is 1.23. The molecule has 0 aliphatic heterocycles. The van der Waals surface area contributed by atoms with Gasteiger partial charge < -0.3 is 10.1 Å². The van der Waals surface area contributed by atoms with Crippen molar-refractivity contribution in [2.45, 2.75) is 58.5 Å². The Bertz CT molecular complexity index is 341. The molecule has 1 N–H and O–H groups in total. The van der Waals surface area contributed by atoms with Gasteiger partial charge in [0.05, 0.1) is 0 Å². The van der Waals surface area contributed by atoms with Gasteiger partial charge in [0.2, 0.25) is 0 Å². The Hall–Kier alpha value is -0.990. The Balaban J connectivity index is 1.59. The van der Waals surface area contributed by atoms with E-state index in [2.05, 4.69) is 11.4 Å². The molecule has 0 heterocycles. The number of alkyl carbamates (subject to hydrolysis) is 1. The summed E-state index contributed by atoms with van der Waals surface area (Å²) in [4.78, 5) is 11.4. The number of amides is 1. The van der Waals surface area contributed by atoms with Crippen LogP contribution in [0.4, 0.5) is 4.79 Å². The van der Waals surface area contributed by atoms with Crippen LogP contribution in [-0.4, -0.2) is 18.2 Å². The van der Waals surface area contributed by atoms with Crippen LogP contribution in [0.5, 0.6) is 0 Å². The van der Waals surface area contributed by atoms with E-state index in [1.165, 1.54) is 19.3 Å². The monoisotopic (exact) mass is 251 g/mol. The zero-order valence-electron chi connectivity index (χ0n) is 11.8. The largest absolute Gasteiger partial charge is 0.444 e. The number of fused-ring (bicyclic) bond motifs is 2. The van der Waals surface area contributed by atoms with Crippen molar-refractivity contribution in [2.24, 2.45) is 11.8 Å². The first kappa shape index (κ1) is 13.4. The summed E-state index contributed by atoms with van der Waals surface area (Å²) in [6.07, 6.45) is 8.49. The fraction of sp³-hybridized carbons (Fsp3) is 0.800. The molecule has 1 fully saturated rings. The topological polar surface area (TPSA) is 38.3 Å². The van der Waals surface area contributed by atoms with Crippen LogP contribution in [-0.2, 0) is 4.74 Å². The lowest BCUT2D eigenvalue weighted by atomic mass is 9.95. The molecule has 0 aromatic rings. The summed E-state index contributed by atoms with van der Waals surface area (Å²) >= 11 is 0. The fourth-order valence-electron chi connectivity index (χ4n) is 3.03. The molecular formula is C15H25NO2. The molecule has 1 amide bonds.